The summed E-state index contributed by atoms with van der Waals surface area (Å²) >= 11 is 0. The second kappa shape index (κ2) is 33.3. The highest BCUT2D eigenvalue weighted by atomic mass is 31.2. The van der Waals surface area contributed by atoms with Gasteiger partial charge in [0.2, 0.25) is 5.91 Å². The molecule has 1 amide bonds. The molecular weight excluding hydrogens is 647 g/mol. The molecule has 292 valence electrons. The fourth-order valence-corrected chi connectivity index (χ4v) is 6.08. The molecule has 9 heteroatoms. The average molecular weight is 725 g/mol. The molecule has 3 unspecified atom stereocenters. The Labute approximate surface area is 308 Å². The molecule has 2 N–H and O–H groups in total. The number of unbranched alkanes of at least 4 members (excludes halogenated alkanes) is 17. The van der Waals surface area contributed by atoms with Gasteiger partial charge >= 0.3 is 0 Å². The number of hydrogen-bond donors (Lipinski definition) is 2. The van der Waals surface area contributed by atoms with Crippen LogP contribution in [0.5, 0.6) is 0 Å². The number of aliphatic hydroxyl groups is 1. The lowest BCUT2D eigenvalue weighted by atomic mass is 10.0. The molecule has 0 heterocycles. The van der Waals surface area contributed by atoms with E-state index in [2.05, 4.69) is 42.6 Å². The molecule has 0 spiro atoms. The zero-order valence-electron chi connectivity index (χ0n) is 32.8. The first kappa shape index (κ1) is 48.5. The molecule has 0 aromatic carbocycles. The van der Waals surface area contributed by atoms with E-state index in [1.165, 1.54) is 89.9 Å². The van der Waals surface area contributed by atoms with Crippen LogP contribution in [0.2, 0.25) is 0 Å². The summed E-state index contributed by atoms with van der Waals surface area (Å²) in [6, 6.07) is -0.907. The summed E-state index contributed by atoms with van der Waals surface area (Å²) in [4.78, 5) is 25.1. The minimum absolute atomic E-state index is 0.0109. The zero-order chi connectivity index (χ0) is 37.2. The maximum Gasteiger partial charge on any atom is 0.268 e. The molecule has 3 atom stereocenters. The number of phosphoric acid groups is 1. The molecule has 0 aliphatic carbocycles. The molecule has 50 heavy (non-hydrogen) atoms. The Bertz CT molecular complexity index is 959. The van der Waals surface area contributed by atoms with Crippen LogP contribution in [0.15, 0.2) is 48.6 Å². The van der Waals surface area contributed by atoms with Gasteiger partial charge in [-0.25, -0.2) is 0 Å². The Morgan fingerprint density at radius 3 is 1.74 bits per heavy atom. The van der Waals surface area contributed by atoms with E-state index in [1.54, 1.807) is 6.08 Å². The lowest BCUT2D eigenvalue weighted by Gasteiger charge is -2.29. The number of aliphatic hydroxyl groups excluding tert-OH is 1. The summed E-state index contributed by atoms with van der Waals surface area (Å²) in [6.07, 6.45) is 40.4. The zero-order valence-corrected chi connectivity index (χ0v) is 33.7. The van der Waals surface area contributed by atoms with Crippen molar-refractivity contribution in [1.82, 2.24) is 5.32 Å². The number of amides is 1. The second-order valence-corrected chi connectivity index (χ2v) is 16.0. The van der Waals surface area contributed by atoms with Gasteiger partial charge in [0.15, 0.2) is 0 Å². The number of carbonyl (C=O) groups is 1. The predicted molar refractivity (Wildman–Crippen MR) is 210 cm³/mol. The molecule has 8 nitrogen and oxygen atoms in total. The standard InChI is InChI=1S/C41H77N2O6P/c1-6-8-10-12-14-16-17-18-19-20-21-22-23-24-25-27-29-31-33-35-41(45)42-39(38-49-50(46,47)48-37-36-43(3,4)5)40(44)34-32-30-28-26-15-13-11-9-7-2/h7,9,15,18-19,26,32,34,39-40,44H,6,8,10-14,16-17,20-25,27-31,33,35-38H2,1-5H3,(H-,42,45,46,47)/b9-7+,19-18-,26-15+,34-32+. The second-order valence-electron chi connectivity index (χ2n) is 14.6. The van der Waals surface area contributed by atoms with Crippen molar-refractivity contribution in [3.63, 3.8) is 0 Å². The maximum absolute atomic E-state index is 12.8. The summed E-state index contributed by atoms with van der Waals surface area (Å²) in [5.74, 6) is -0.220. The van der Waals surface area contributed by atoms with Crippen LogP contribution in [0.4, 0.5) is 0 Å². The first-order valence-corrected chi connectivity index (χ1v) is 21.4. The van der Waals surface area contributed by atoms with E-state index in [4.69, 9.17) is 9.05 Å². The fourth-order valence-electron chi connectivity index (χ4n) is 5.36. The third-order valence-electron chi connectivity index (χ3n) is 8.58. The van der Waals surface area contributed by atoms with Gasteiger partial charge in [0.1, 0.15) is 13.2 Å². The van der Waals surface area contributed by atoms with Gasteiger partial charge in [0.05, 0.1) is 39.9 Å². The van der Waals surface area contributed by atoms with Gasteiger partial charge in [-0.1, -0.05) is 133 Å². The number of allylic oxidation sites excluding steroid dienone is 7. The van der Waals surface area contributed by atoms with Crippen LogP contribution in [0.3, 0.4) is 0 Å². The van der Waals surface area contributed by atoms with Crippen molar-refractivity contribution in [2.45, 2.75) is 167 Å². The molecule has 0 aliphatic rings. The largest absolute Gasteiger partial charge is 0.756 e. The average Bonchev–Trinajstić information content (AvgIpc) is 3.06. The van der Waals surface area contributed by atoms with Gasteiger partial charge in [-0.15, -0.1) is 0 Å². The molecule has 0 radical (unpaired) electrons. The highest BCUT2D eigenvalue weighted by molar-refractivity contribution is 7.45. The number of hydrogen-bond acceptors (Lipinski definition) is 6. The summed E-state index contributed by atoms with van der Waals surface area (Å²) in [5, 5.41) is 13.6. The fraction of sp³-hybridized carbons (Fsp3) is 0.780. The number of carbonyl (C=O) groups excluding carboxylic acids is 1. The molecule has 0 saturated heterocycles. The van der Waals surface area contributed by atoms with Gasteiger partial charge in [-0.3, -0.25) is 9.36 Å². The van der Waals surface area contributed by atoms with E-state index >= 15 is 0 Å². The van der Waals surface area contributed by atoms with Crippen LogP contribution in [-0.2, 0) is 18.4 Å². The van der Waals surface area contributed by atoms with Crippen LogP contribution in [0.25, 0.3) is 0 Å². The number of likely N-dealkylation sites (N-methyl/N-ethyl adjacent to an activating group) is 1. The third kappa shape index (κ3) is 34.9. The van der Waals surface area contributed by atoms with Crippen LogP contribution < -0.4 is 10.2 Å². The number of phosphoric ester groups is 1. The first-order chi connectivity index (χ1) is 24.0. The lowest BCUT2D eigenvalue weighted by Crippen LogP contribution is -2.45. The number of nitrogens with one attached hydrogen (secondary N) is 1. The molecular formula is C41H77N2O6P. The Morgan fingerprint density at radius 1 is 0.720 bits per heavy atom. The Hall–Kier alpha value is -1.54. The smallest absolute Gasteiger partial charge is 0.268 e. The van der Waals surface area contributed by atoms with Gasteiger partial charge < -0.3 is 28.8 Å². The number of quaternary nitrogens is 1. The highest BCUT2D eigenvalue weighted by Gasteiger charge is 2.23. The van der Waals surface area contributed by atoms with E-state index in [0.29, 0.717) is 17.4 Å². The van der Waals surface area contributed by atoms with E-state index in [0.717, 1.165) is 44.9 Å². The van der Waals surface area contributed by atoms with Gasteiger partial charge in [-0.2, -0.15) is 0 Å². The Kier molecular flexibility index (Phi) is 32.3. The quantitative estimate of drug-likeness (QED) is 0.0292. The summed E-state index contributed by atoms with van der Waals surface area (Å²) in [5.41, 5.74) is 0. The molecule has 0 aromatic heterocycles. The molecule has 0 saturated carbocycles. The predicted octanol–water partition coefficient (Wildman–Crippen LogP) is 9.89. The Balaban J connectivity index is 4.38. The first-order valence-electron chi connectivity index (χ1n) is 20.0. The normalized spacial score (nSPS) is 15.1. The van der Waals surface area contributed by atoms with Crippen molar-refractivity contribution in [2.24, 2.45) is 0 Å². The van der Waals surface area contributed by atoms with E-state index < -0.39 is 26.6 Å². The maximum atomic E-state index is 12.8. The molecule has 0 bridgehead atoms. The third-order valence-corrected chi connectivity index (χ3v) is 9.55. The lowest BCUT2D eigenvalue weighted by molar-refractivity contribution is -0.870. The summed E-state index contributed by atoms with van der Waals surface area (Å²) < 4.78 is 23.0. The van der Waals surface area contributed by atoms with Crippen molar-refractivity contribution in [2.75, 3.05) is 40.9 Å². The monoisotopic (exact) mass is 725 g/mol. The van der Waals surface area contributed by atoms with Crippen LogP contribution in [-0.4, -0.2) is 68.5 Å². The van der Waals surface area contributed by atoms with Gasteiger partial charge in [0.25, 0.3) is 7.82 Å². The van der Waals surface area contributed by atoms with Crippen molar-refractivity contribution >= 4 is 13.7 Å². The minimum atomic E-state index is -4.59. The van der Waals surface area contributed by atoms with Gasteiger partial charge in [0, 0.05) is 6.42 Å². The van der Waals surface area contributed by atoms with Crippen LogP contribution in [0.1, 0.15) is 155 Å². The van der Waals surface area contributed by atoms with Crippen LogP contribution in [0, 0.1) is 0 Å². The van der Waals surface area contributed by atoms with Crippen molar-refractivity contribution in [1.29, 1.82) is 0 Å². The van der Waals surface area contributed by atoms with E-state index in [9.17, 15) is 19.4 Å². The Morgan fingerprint density at radius 2 is 1.20 bits per heavy atom. The summed E-state index contributed by atoms with van der Waals surface area (Å²) in [7, 11) is 1.22. The SMILES string of the molecule is C/C=C/CC/C=C/CC/C=C/C(O)C(COP(=O)([O-])OCC[N+](C)(C)C)NC(=O)CCCCCCCCCCC/C=C\CCCCCCCC. The van der Waals surface area contributed by atoms with Crippen molar-refractivity contribution in [3.05, 3.63) is 48.6 Å². The molecule has 0 rings (SSSR count). The molecule has 0 fully saturated rings. The van der Waals surface area contributed by atoms with E-state index in [1.807, 2.05) is 40.2 Å². The summed E-state index contributed by atoms with van der Waals surface area (Å²) in [6.45, 7) is 4.35. The molecule has 0 aliphatic heterocycles. The minimum Gasteiger partial charge on any atom is -0.756 e. The topological polar surface area (TPSA) is 108 Å². The van der Waals surface area contributed by atoms with Crippen molar-refractivity contribution in [3.8, 4) is 0 Å². The van der Waals surface area contributed by atoms with Gasteiger partial charge in [-0.05, 0) is 64.7 Å². The highest BCUT2D eigenvalue weighted by Crippen LogP contribution is 2.38. The van der Waals surface area contributed by atoms with E-state index in [-0.39, 0.29) is 12.5 Å². The number of rotatable bonds is 35. The van der Waals surface area contributed by atoms with Crippen LogP contribution >= 0.6 is 7.82 Å². The van der Waals surface area contributed by atoms with Crippen molar-refractivity contribution < 1.29 is 32.9 Å². The molecule has 0 aromatic rings. The number of nitrogens with zero attached hydrogens (tertiary/aromatic N) is 1.